The van der Waals surface area contributed by atoms with Crippen LogP contribution >= 0.6 is 0 Å². The Bertz CT molecular complexity index is 991. The van der Waals surface area contributed by atoms with Crippen molar-refractivity contribution in [3.8, 4) is 0 Å². The zero-order valence-corrected chi connectivity index (χ0v) is 20.9. The summed E-state index contributed by atoms with van der Waals surface area (Å²) in [5.41, 5.74) is 0.833. The summed E-state index contributed by atoms with van der Waals surface area (Å²) < 4.78 is 6.12. The molecule has 2 aromatic carbocycles. The second kappa shape index (κ2) is 10.7. The standard InChI is InChI=1S/C28H35N3O4/c1-4-28(5-2)26(34)31(27(28)35-20-23(32)30-18-16-29(3)17-19-30)25(33)24(21-12-8-6-9-13-21)22-14-10-7-11-15-22/h6-15,24,27H,4-5,16-20H2,1-3H3. The quantitative estimate of drug-likeness (QED) is 0.547. The fraction of sp³-hybridized carbons (Fsp3) is 0.464. The number of likely N-dealkylation sites (N-methyl/N-ethyl adjacent to an activating group) is 1. The first-order valence-corrected chi connectivity index (χ1v) is 12.5. The summed E-state index contributed by atoms with van der Waals surface area (Å²) in [6.45, 7) is 6.68. The molecular weight excluding hydrogens is 442 g/mol. The Balaban J connectivity index is 1.58. The van der Waals surface area contributed by atoms with E-state index in [-0.39, 0.29) is 24.3 Å². The van der Waals surface area contributed by atoms with Gasteiger partial charge < -0.3 is 14.5 Å². The SMILES string of the molecule is CCC1(CC)C(=O)N(C(=O)C(c2ccccc2)c2ccccc2)C1OCC(=O)N1CCN(C)CC1. The van der Waals surface area contributed by atoms with Crippen LogP contribution in [0.3, 0.4) is 0 Å². The van der Waals surface area contributed by atoms with Crippen LogP contribution in [-0.2, 0) is 19.1 Å². The molecule has 3 amide bonds. The van der Waals surface area contributed by atoms with Crippen molar-refractivity contribution in [2.75, 3.05) is 39.8 Å². The van der Waals surface area contributed by atoms with Crippen molar-refractivity contribution in [2.24, 2.45) is 5.41 Å². The maximum absolute atomic E-state index is 14.0. The fourth-order valence-corrected chi connectivity index (χ4v) is 5.19. The number of amides is 3. The van der Waals surface area contributed by atoms with E-state index in [0.717, 1.165) is 24.2 Å². The van der Waals surface area contributed by atoms with Gasteiger partial charge in [0.25, 0.3) is 0 Å². The minimum atomic E-state index is -0.796. The summed E-state index contributed by atoms with van der Waals surface area (Å²) >= 11 is 0. The van der Waals surface area contributed by atoms with E-state index in [1.807, 2.05) is 81.6 Å². The topological polar surface area (TPSA) is 70.2 Å². The molecule has 2 fully saturated rings. The van der Waals surface area contributed by atoms with Crippen LogP contribution in [0.1, 0.15) is 43.7 Å². The highest BCUT2D eigenvalue weighted by Gasteiger charge is 2.62. The highest BCUT2D eigenvalue weighted by Crippen LogP contribution is 2.47. The van der Waals surface area contributed by atoms with E-state index in [0.29, 0.717) is 25.9 Å². The molecule has 7 nitrogen and oxygen atoms in total. The second-order valence-electron chi connectivity index (χ2n) is 9.48. The molecule has 2 aromatic rings. The van der Waals surface area contributed by atoms with Crippen molar-refractivity contribution in [3.63, 3.8) is 0 Å². The van der Waals surface area contributed by atoms with Crippen molar-refractivity contribution in [2.45, 2.75) is 38.8 Å². The van der Waals surface area contributed by atoms with Crippen molar-refractivity contribution < 1.29 is 19.1 Å². The van der Waals surface area contributed by atoms with E-state index in [2.05, 4.69) is 4.90 Å². The lowest BCUT2D eigenvalue weighted by molar-refractivity contribution is -0.224. The number of nitrogens with zero attached hydrogens (tertiary/aromatic N) is 3. The largest absolute Gasteiger partial charge is 0.347 e. The lowest BCUT2D eigenvalue weighted by Gasteiger charge is -2.54. The van der Waals surface area contributed by atoms with Crippen LogP contribution in [-0.4, -0.2) is 78.5 Å². The van der Waals surface area contributed by atoms with Crippen LogP contribution in [0.2, 0.25) is 0 Å². The molecule has 2 heterocycles. The van der Waals surface area contributed by atoms with Gasteiger partial charge >= 0.3 is 0 Å². The van der Waals surface area contributed by atoms with Crippen molar-refractivity contribution >= 4 is 17.7 Å². The number of benzene rings is 2. The number of piperazine rings is 1. The maximum Gasteiger partial charge on any atom is 0.248 e. The van der Waals surface area contributed by atoms with Crippen molar-refractivity contribution in [1.82, 2.24) is 14.7 Å². The zero-order chi connectivity index (χ0) is 25.0. The first-order chi connectivity index (χ1) is 16.9. The molecular formula is C28H35N3O4. The van der Waals surface area contributed by atoms with Gasteiger partial charge in [-0.25, -0.2) is 0 Å². The van der Waals surface area contributed by atoms with E-state index in [9.17, 15) is 14.4 Å². The first kappa shape index (κ1) is 25.1. The summed E-state index contributed by atoms with van der Waals surface area (Å²) in [4.78, 5) is 45.5. The Morgan fingerprint density at radius 2 is 1.43 bits per heavy atom. The Hall–Kier alpha value is -3.03. The fourth-order valence-electron chi connectivity index (χ4n) is 5.19. The smallest absolute Gasteiger partial charge is 0.248 e. The molecule has 2 saturated heterocycles. The lowest BCUT2D eigenvalue weighted by atomic mass is 9.71. The molecule has 7 heteroatoms. The summed E-state index contributed by atoms with van der Waals surface area (Å²) in [7, 11) is 2.04. The molecule has 4 rings (SSSR count). The summed E-state index contributed by atoms with van der Waals surface area (Å²) in [5, 5.41) is 0. The Labute approximate surface area is 207 Å². The van der Waals surface area contributed by atoms with Gasteiger partial charge in [-0.15, -0.1) is 0 Å². The maximum atomic E-state index is 14.0. The number of hydrogen-bond acceptors (Lipinski definition) is 5. The second-order valence-corrected chi connectivity index (χ2v) is 9.48. The lowest BCUT2D eigenvalue weighted by Crippen LogP contribution is -2.72. The van der Waals surface area contributed by atoms with Crippen molar-refractivity contribution in [3.05, 3.63) is 71.8 Å². The third-order valence-corrected chi connectivity index (χ3v) is 7.58. The van der Waals surface area contributed by atoms with Gasteiger partial charge in [-0.1, -0.05) is 74.5 Å². The number of rotatable bonds is 8. The molecule has 2 aliphatic heterocycles. The predicted octanol–water partition coefficient (Wildman–Crippen LogP) is 3.11. The van der Waals surface area contributed by atoms with Gasteiger partial charge in [0, 0.05) is 26.2 Å². The summed E-state index contributed by atoms with van der Waals surface area (Å²) in [5.74, 6) is -1.27. The third-order valence-electron chi connectivity index (χ3n) is 7.58. The number of likely N-dealkylation sites (tertiary alicyclic amines) is 1. The van der Waals surface area contributed by atoms with Crippen LogP contribution in [0, 0.1) is 5.41 Å². The van der Waals surface area contributed by atoms with Gasteiger partial charge in [-0.05, 0) is 31.0 Å². The third kappa shape index (κ3) is 4.75. The zero-order valence-electron chi connectivity index (χ0n) is 20.9. The molecule has 2 aliphatic rings. The molecule has 1 atom stereocenters. The summed E-state index contributed by atoms with van der Waals surface area (Å²) in [6, 6.07) is 19.0. The van der Waals surface area contributed by atoms with Gasteiger partial charge in [0.15, 0.2) is 6.23 Å². The first-order valence-electron chi connectivity index (χ1n) is 12.5. The van der Waals surface area contributed by atoms with Crippen LogP contribution < -0.4 is 0 Å². The Morgan fingerprint density at radius 3 is 1.91 bits per heavy atom. The monoisotopic (exact) mass is 477 g/mol. The van der Waals surface area contributed by atoms with E-state index < -0.39 is 17.6 Å². The minimum absolute atomic E-state index is 0.103. The average Bonchev–Trinajstić information content (AvgIpc) is 2.89. The number of hydrogen-bond donors (Lipinski definition) is 0. The summed E-state index contributed by atoms with van der Waals surface area (Å²) in [6.07, 6.45) is 0.325. The van der Waals surface area contributed by atoms with Crippen LogP contribution in [0.4, 0.5) is 0 Å². The molecule has 0 aromatic heterocycles. The number of carbonyl (C=O) groups is 3. The Morgan fingerprint density at radius 1 is 0.914 bits per heavy atom. The van der Waals surface area contributed by atoms with Gasteiger partial charge in [0.05, 0.1) is 11.3 Å². The van der Waals surface area contributed by atoms with Crippen LogP contribution in [0.15, 0.2) is 60.7 Å². The number of imide groups is 1. The van der Waals surface area contributed by atoms with Gasteiger partial charge in [-0.3, -0.25) is 19.3 Å². The molecule has 0 radical (unpaired) electrons. The molecule has 0 N–H and O–H groups in total. The number of β-lactam (4-membered cyclic amide) rings is 1. The van der Waals surface area contributed by atoms with E-state index >= 15 is 0 Å². The van der Waals surface area contributed by atoms with Gasteiger partial charge in [-0.2, -0.15) is 0 Å². The molecule has 0 spiro atoms. The molecule has 0 bridgehead atoms. The van der Waals surface area contributed by atoms with E-state index in [1.165, 1.54) is 4.90 Å². The van der Waals surface area contributed by atoms with Crippen LogP contribution in [0.5, 0.6) is 0 Å². The van der Waals surface area contributed by atoms with Gasteiger partial charge in [0.1, 0.15) is 6.61 Å². The molecule has 35 heavy (non-hydrogen) atoms. The van der Waals surface area contributed by atoms with Crippen molar-refractivity contribution in [1.29, 1.82) is 0 Å². The molecule has 0 saturated carbocycles. The minimum Gasteiger partial charge on any atom is -0.347 e. The molecule has 1 unspecified atom stereocenters. The van der Waals surface area contributed by atoms with Gasteiger partial charge in [0.2, 0.25) is 17.7 Å². The van der Waals surface area contributed by atoms with E-state index in [1.54, 1.807) is 4.90 Å². The highest BCUT2D eigenvalue weighted by molar-refractivity contribution is 6.07. The van der Waals surface area contributed by atoms with E-state index in [4.69, 9.17) is 4.74 Å². The highest BCUT2D eigenvalue weighted by atomic mass is 16.5. The molecule has 0 aliphatic carbocycles. The Kier molecular flexibility index (Phi) is 7.67. The normalized spacial score (nSPS) is 20.1. The number of carbonyl (C=O) groups excluding carboxylic acids is 3. The van der Waals surface area contributed by atoms with Crippen LogP contribution in [0.25, 0.3) is 0 Å². The number of ether oxygens (including phenoxy) is 1. The molecule has 186 valence electrons. The average molecular weight is 478 g/mol. The predicted molar refractivity (Wildman–Crippen MR) is 133 cm³/mol.